The van der Waals surface area contributed by atoms with Crippen LogP contribution in [0.15, 0.2) is 54.9 Å². The van der Waals surface area contributed by atoms with Crippen LogP contribution in [0.5, 0.6) is 11.5 Å². The summed E-state index contributed by atoms with van der Waals surface area (Å²) in [4.78, 5) is 6.53. The maximum Gasteiger partial charge on any atom is 0.161 e. The van der Waals surface area contributed by atoms with Crippen molar-refractivity contribution in [3.8, 4) is 11.5 Å². The minimum Gasteiger partial charge on any atom is -0.493 e. The first-order valence-corrected chi connectivity index (χ1v) is 9.75. The van der Waals surface area contributed by atoms with Gasteiger partial charge in [0.25, 0.3) is 0 Å². The molecule has 0 amide bonds. The third-order valence-corrected chi connectivity index (χ3v) is 5.68. The highest BCUT2D eigenvalue weighted by Gasteiger charge is 2.32. The summed E-state index contributed by atoms with van der Waals surface area (Å²) >= 11 is 0. The quantitative estimate of drug-likeness (QED) is 0.631. The number of ether oxygens (including phenoxy) is 2. The molecule has 0 saturated heterocycles. The molecule has 2 heterocycles. The zero-order valence-corrected chi connectivity index (χ0v) is 17.0. The zero-order valence-electron chi connectivity index (χ0n) is 17.0. The van der Waals surface area contributed by atoms with Crippen LogP contribution in [0.1, 0.15) is 33.9 Å². The fourth-order valence-electron chi connectivity index (χ4n) is 4.13. The lowest BCUT2D eigenvalue weighted by atomic mass is 9.87. The van der Waals surface area contributed by atoms with Crippen LogP contribution >= 0.6 is 0 Å². The van der Waals surface area contributed by atoms with Gasteiger partial charge in [0.15, 0.2) is 11.5 Å². The molecule has 2 aromatic carbocycles. The Labute approximate surface area is 170 Å². The van der Waals surface area contributed by atoms with Crippen molar-refractivity contribution in [2.75, 3.05) is 20.8 Å². The molecule has 150 valence electrons. The average Bonchev–Trinajstić information content (AvgIpc) is 2.75. The van der Waals surface area contributed by atoms with E-state index in [4.69, 9.17) is 9.47 Å². The van der Waals surface area contributed by atoms with E-state index in [0.717, 1.165) is 30.6 Å². The average molecular weight is 392 g/mol. The first-order valence-electron chi connectivity index (χ1n) is 9.75. The van der Waals surface area contributed by atoms with E-state index in [1.54, 1.807) is 20.3 Å². The number of rotatable bonds is 5. The van der Waals surface area contributed by atoms with Crippen molar-refractivity contribution in [2.45, 2.75) is 25.9 Å². The van der Waals surface area contributed by atoms with Gasteiger partial charge in [0, 0.05) is 31.0 Å². The van der Waals surface area contributed by atoms with Gasteiger partial charge in [-0.25, -0.2) is 4.39 Å². The molecule has 5 heteroatoms. The number of aryl methyl sites for hydroxylation is 1. The number of pyridine rings is 1. The Morgan fingerprint density at radius 2 is 1.83 bits per heavy atom. The summed E-state index contributed by atoms with van der Waals surface area (Å²) in [5, 5.41) is 0. The van der Waals surface area contributed by atoms with Crippen molar-refractivity contribution in [3.05, 3.63) is 88.5 Å². The predicted molar refractivity (Wildman–Crippen MR) is 111 cm³/mol. The minimum absolute atomic E-state index is 0.198. The molecule has 0 aliphatic carbocycles. The smallest absolute Gasteiger partial charge is 0.161 e. The van der Waals surface area contributed by atoms with Gasteiger partial charge in [-0.1, -0.05) is 18.2 Å². The third kappa shape index (κ3) is 3.70. The van der Waals surface area contributed by atoms with Crippen molar-refractivity contribution in [1.82, 2.24) is 9.88 Å². The Balaban J connectivity index is 1.83. The number of benzene rings is 2. The molecule has 0 saturated carbocycles. The van der Waals surface area contributed by atoms with E-state index in [9.17, 15) is 4.39 Å². The molecule has 4 rings (SSSR count). The molecule has 1 aliphatic heterocycles. The molecule has 4 nitrogen and oxygen atoms in total. The van der Waals surface area contributed by atoms with E-state index >= 15 is 0 Å². The molecule has 0 unspecified atom stereocenters. The van der Waals surface area contributed by atoms with Crippen LogP contribution in [-0.2, 0) is 13.0 Å². The molecule has 3 aromatic rings. The Bertz CT molecular complexity index is 1020. The second-order valence-electron chi connectivity index (χ2n) is 7.35. The highest BCUT2D eigenvalue weighted by atomic mass is 19.1. The second kappa shape index (κ2) is 8.21. The normalized spacial score (nSPS) is 16.3. The van der Waals surface area contributed by atoms with Crippen LogP contribution < -0.4 is 9.47 Å². The monoisotopic (exact) mass is 392 g/mol. The summed E-state index contributed by atoms with van der Waals surface area (Å²) in [5.41, 5.74) is 5.24. The standard InChI is InChI=1S/C24H25FN2O2/c1-16-14-26-10-8-18(16)15-27-11-9-17-12-22(28-2)23(29-3)13-20(17)24(27)19-6-4-5-7-21(19)25/h4-8,10,12-14,24H,9,11,15H2,1-3H3/t24-/m0/s1. The Morgan fingerprint density at radius 1 is 1.07 bits per heavy atom. The summed E-state index contributed by atoms with van der Waals surface area (Å²) < 4.78 is 25.9. The van der Waals surface area contributed by atoms with Crippen molar-refractivity contribution in [3.63, 3.8) is 0 Å². The van der Waals surface area contributed by atoms with Crippen LogP contribution in [0.25, 0.3) is 0 Å². The molecule has 0 N–H and O–H groups in total. The molecule has 1 aromatic heterocycles. The van der Waals surface area contributed by atoms with Gasteiger partial charge in [-0.05, 0) is 59.9 Å². The molecule has 29 heavy (non-hydrogen) atoms. The fraction of sp³-hybridized carbons (Fsp3) is 0.292. The number of halogens is 1. The van der Waals surface area contributed by atoms with Gasteiger partial charge >= 0.3 is 0 Å². The number of fused-ring (bicyclic) bond motifs is 1. The van der Waals surface area contributed by atoms with Crippen molar-refractivity contribution < 1.29 is 13.9 Å². The van der Waals surface area contributed by atoms with E-state index in [0.29, 0.717) is 17.1 Å². The van der Waals surface area contributed by atoms with Gasteiger partial charge in [0.1, 0.15) is 5.82 Å². The van der Waals surface area contributed by atoms with Gasteiger partial charge in [-0.3, -0.25) is 9.88 Å². The lowest BCUT2D eigenvalue weighted by Crippen LogP contribution is -2.36. The van der Waals surface area contributed by atoms with Gasteiger partial charge in [-0.2, -0.15) is 0 Å². The van der Waals surface area contributed by atoms with Crippen LogP contribution in [0.3, 0.4) is 0 Å². The Kier molecular flexibility index (Phi) is 5.49. The van der Waals surface area contributed by atoms with Crippen LogP contribution in [0.4, 0.5) is 4.39 Å². The summed E-state index contributed by atoms with van der Waals surface area (Å²) in [6.07, 6.45) is 4.55. The van der Waals surface area contributed by atoms with Gasteiger partial charge in [0.05, 0.1) is 20.3 Å². The van der Waals surface area contributed by atoms with E-state index in [1.165, 1.54) is 17.2 Å². The molecule has 0 spiro atoms. The zero-order chi connectivity index (χ0) is 20.4. The molecule has 0 radical (unpaired) electrons. The van der Waals surface area contributed by atoms with E-state index in [1.807, 2.05) is 42.7 Å². The lowest BCUT2D eigenvalue weighted by Gasteiger charge is -2.38. The maximum absolute atomic E-state index is 14.9. The second-order valence-corrected chi connectivity index (χ2v) is 7.35. The van der Waals surface area contributed by atoms with Gasteiger partial charge in [-0.15, -0.1) is 0 Å². The third-order valence-electron chi connectivity index (χ3n) is 5.68. The molecule has 1 aliphatic rings. The van der Waals surface area contributed by atoms with Crippen LogP contribution in [0, 0.1) is 12.7 Å². The molecule has 0 fully saturated rings. The minimum atomic E-state index is -0.202. The number of hydrogen-bond acceptors (Lipinski definition) is 4. The molecular weight excluding hydrogens is 367 g/mol. The number of aromatic nitrogens is 1. The summed E-state index contributed by atoms with van der Waals surface area (Å²) in [6, 6.07) is 12.9. The first-order chi connectivity index (χ1) is 14.1. The Hall–Kier alpha value is -2.92. The van der Waals surface area contributed by atoms with Crippen LogP contribution in [0.2, 0.25) is 0 Å². The van der Waals surface area contributed by atoms with Crippen molar-refractivity contribution in [1.29, 1.82) is 0 Å². The summed E-state index contributed by atoms with van der Waals surface area (Å²) in [6.45, 7) is 3.61. The molecular formula is C24H25FN2O2. The van der Waals surface area contributed by atoms with E-state index in [2.05, 4.69) is 16.8 Å². The number of hydrogen-bond donors (Lipinski definition) is 0. The highest BCUT2D eigenvalue weighted by Crippen LogP contribution is 2.42. The maximum atomic E-state index is 14.9. The summed E-state index contributed by atoms with van der Waals surface area (Å²) in [7, 11) is 3.27. The van der Waals surface area contributed by atoms with Crippen molar-refractivity contribution >= 4 is 0 Å². The van der Waals surface area contributed by atoms with E-state index < -0.39 is 0 Å². The molecule has 1 atom stereocenters. The van der Waals surface area contributed by atoms with E-state index in [-0.39, 0.29) is 11.9 Å². The van der Waals surface area contributed by atoms with Crippen molar-refractivity contribution in [2.24, 2.45) is 0 Å². The Morgan fingerprint density at radius 3 is 2.55 bits per heavy atom. The topological polar surface area (TPSA) is 34.6 Å². The highest BCUT2D eigenvalue weighted by molar-refractivity contribution is 5.52. The molecule has 0 bridgehead atoms. The summed E-state index contributed by atoms with van der Waals surface area (Å²) in [5.74, 6) is 1.17. The number of nitrogens with zero attached hydrogens (tertiary/aromatic N) is 2. The lowest BCUT2D eigenvalue weighted by molar-refractivity contribution is 0.199. The van der Waals surface area contributed by atoms with Gasteiger partial charge in [0.2, 0.25) is 0 Å². The predicted octanol–water partition coefficient (Wildman–Crippen LogP) is 4.69. The SMILES string of the molecule is COc1cc2c(cc1OC)[C@H](c1ccccc1F)N(Cc1ccncc1C)CC2. The number of methoxy groups -OCH3 is 2. The van der Waals surface area contributed by atoms with Crippen LogP contribution in [-0.4, -0.2) is 30.6 Å². The largest absolute Gasteiger partial charge is 0.493 e. The fourth-order valence-corrected chi connectivity index (χ4v) is 4.13. The van der Waals surface area contributed by atoms with Gasteiger partial charge < -0.3 is 9.47 Å². The first kappa shape index (κ1) is 19.4.